The lowest BCUT2D eigenvalue weighted by Crippen LogP contribution is -2.28. The summed E-state index contributed by atoms with van der Waals surface area (Å²) in [5.41, 5.74) is 1.11. The van der Waals surface area contributed by atoms with Crippen LogP contribution in [0.2, 0.25) is 0 Å². The minimum Gasteiger partial charge on any atom is -0.358 e. The molecule has 0 unspecified atom stereocenters. The molecule has 1 fully saturated rings. The molecular formula is C14H18N2OS2. The van der Waals surface area contributed by atoms with Crippen molar-refractivity contribution in [3.8, 4) is 0 Å². The van der Waals surface area contributed by atoms with Gasteiger partial charge in [0.1, 0.15) is 4.32 Å². The Morgan fingerprint density at radius 1 is 1.26 bits per heavy atom. The summed E-state index contributed by atoms with van der Waals surface area (Å²) in [5.74, 6) is 0.442. The maximum atomic E-state index is 11.7. The maximum absolute atomic E-state index is 11.7. The van der Waals surface area contributed by atoms with E-state index in [1.165, 1.54) is 24.6 Å². The normalized spacial score (nSPS) is 14.4. The van der Waals surface area contributed by atoms with Crippen molar-refractivity contribution < 1.29 is 4.79 Å². The highest BCUT2D eigenvalue weighted by atomic mass is 32.2. The minimum absolute atomic E-state index is 0.0374. The number of benzene rings is 1. The molecule has 0 aromatic heterocycles. The number of rotatable bonds is 4. The summed E-state index contributed by atoms with van der Waals surface area (Å²) in [7, 11) is 0. The predicted octanol–water partition coefficient (Wildman–Crippen LogP) is 2.42. The van der Waals surface area contributed by atoms with Crippen molar-refractivity contribution in [3.63, 3.8) is 0 Å². The monoisotopic (exact) mass is 294 g/mol. The molecule has 1 aromatic rings. The number of nitrogens with one attached hydrogen (secondary N) is 1. The second kappa shape index (κ2) is 7.50. The molecule has 1 heterocycles. The Morgan fingerprint density at radius 2 is 1.95 bits per heavy atom. The van der Waals surface area contributed by atoms with Crippen LogP contribution in [0.5, 0.6) is 0 Å². The molecule has 0 bridgehead atoms. The number of thioether (sulfide) groups is 1. The first-order valence-electron chi connectivity index (χ1n) is 6.48. The quantitative estimate of drug-likeness (QED) is 0.865. The Labute approximate surface area is 123 Å². The molecule has 0 aliphatic carbocycles. The van der Waals surface area contributed by atoms with Crippen LogP contribution in [0.3, 0.4) is 0 Å². The van der Waals surface area contributed by atoms with E-state index in [0.717, 1.165) is 23.0 Å². The molecule has 1 N–H and O–H groups in total. The third-order valence-electron chi connectivity index (χ3n) is 3.02. The van der Waals surface area contributed by atoms with Gasteiger partial charge in [-0.15, -0.1) is 0 Å². The summed E-state index contributed by atoms with van der Waals surface area (Å²) in [6, 6.07) is 9.91. The SMILES string of the molecule is O=C(CSC(=S)N1CCCC1)NCc1ccccc1. The molecule has 1 aliphatic heterocycles. The molecule has 2 rings (SSSR count). The van der Waals surface area contributed by atoms with E-state index in [1.54, 1.807) is 0 Å². The van der Waals surface area contributed by atoms with Crippen LogP contribution in [0.4, 0.5) is 0 Å². The molecule has 3 nitrogen and oxygen atoms in total. The van der Waals surface area contributed by atoms with Crippen LogP contribution in [0, 0.1) is 0 Å². The number of nitrogens with zero attached hydrogens (tertiary/aromatic N) is 1. The zero-order valence-corrected chi connectivity index (χ0v) is 12.4. The van der Waals surface area contributed by atoms with E-state index in [9.17, 15) is 4.79 Å². The average molecular weight is 294 g/mol. The first kappa shape index (κ1) is 14.3. The maximum Gasteiger partial charge on any atom is 0.230 e. The zero-order chi connectivity index (χ0) is 13.5. The van der Waals surface area contributed by atoms with E-state index < -0.39 is 0 Å². The van der Waals surface area contributed by atoms with Crippen molar-refractivity contribution in [2.45, 2.75) is 19.4 Å². The van der Waals surface area contributed by atoms with Crippen molar-refractivity contribution in [3.05, 3.63) is 35.9 Å². The van der Waals surface area contributed by atoms with Gasteiger partial charge in [0.15, 0.2) is 0 Å². The summed E-state index contributed by atoms with van der Waals surface area (Å²) < 4.78 is 0.854. The van der Waals surface area contributed by atoms with E-state index in [4.69, 9.17) is 12.2 Å². The summed E-state index contributed by atoms with van der Waals surface area (Å²) in [5, 5.41) is 2.91. The molecule has 0 atom stereocenters. The number of likely N-dealkylation sites (tertiary alicyclic amines) is 1. The van der Waals surface area contributed by atoms with Crippen LogP contribution in [-0.4, -0.2) is 34.0 Å². The Kier molecular flexibility index (Phi) is 5.66. The molecule has 5 heteroatoms. The van der Waals surface area contributed by atoms with E-state index in [1.807, 2.05) is 30.3 Å². The summed E-state index contributed by atoms with van der Waals surface area (Å²) in [6.45, 7) is 2.66. The minimum atomic E-state index is 0.0374. The second-order valence-electron chi connectivity index (χ2n) is 4.51. The topological polar surface area (TPSA) is 32.3 Å². The van der Waals surface area contributed by atoms with Crippen LogP contribution in [-0.2, 0) is 11.3 Å². The molecule has 0 spiro atoms. The van der Waals surface area contributed by atoms with E-state index in [0.29, 0.717) is 12.3 Å². The van der Waals surface area contributed by atoms with Crippen molar-refractivity contribution in [2.75, 3.05) is 18.8 Å². The third-order valence-corrected chi connectivity index (χ3v) is 4.55. The second-order valence-corrected chi connectivity index (χ2v) is 6.12. The number of amides is 1. The molecular weight excluding hydrogens is 276 g/mol. The lowest BCUT2D eigenvalue weighted by molar-refractivity contribution is -0.118. The first-order chi connectivity index (χ1) is 9.25. The highest BCUT2D eigenvalue weighted by molar-refractivity contribution is 8.23. The van der Waals surface area contributed by atoms with Crippen molar-refractivity contribution in [1.29, 1.82) is 0 Å². The predicted molar refractivity (Wildman–Crippen MR) is 84.2 cm³/mol. The fourth-order valence-electron chi connectivity index (χ4n) is 1.97. The van der Waals surface area contributed by atoms with Gasteiger partial charge >= 0.3 is 0 Å². The zero-order valence-electron chi connectivity index (χ0n) is 10.8. The van der Waals surface area contributed by atoms with E-state index in [-0.39, 0.29) is 5.91 Å². The highest BCUT2D eigenvalue weighted by Crippen LogP contribution is 2.15. The Hall–Kier alpha value is -1.07. The number of hydrogen-bond donors (Lipinski definition) is 1. The Balaban J connectivity index is 1.65. The Bertz CT molecular complexity index is 430. The van der Waals surface area contributed by atoms with Crippen molar-refractivity contribution in [1.82, 2.24) is 10.2 Å². The van der Waals surface area contributed by atoms with Gasteiger partial charge in [-0.25, -0.2) is 0 Å². The van der Waals surface area contributed by atoms with Gasteiger partial charge in [-0.1, -0.05) is 54.3 Å². The smallest absolute Gasteiger partial charge is 0.230 e. The van der Waals surface area contributed by atoms with Gasteiger partial charge < -0.3 is 10.2 Å². The highest BCUT2D eigenvalue weighted by Gasteiger charge is 2.15. The summed E-state index contributed by atoms with van der Waals surface area (Å²) in [6.07, 6.45) is 2.42. The Morgan fingerprint density at radius 3 is 2.63 bits per heavy atom. The van der Waals surface area contributed by atoms with Gasteiger partial charge in [0, 0.05) is 19.6 Å². The average Bonchev–Trinajstić information content (AvgIpc) is 2.98. The van der Waals surface area contributed by atoms with Crippen molar-refractivity contribution >= 4 is 34.2 Å². The van der Waals surface area contributed by atoms with Gasteiger partial charge in [0.05, 0.1) is 5.75 Å². The van der Waals surface area contributed by atoms with Crippen LogP contribution >= 0.6 is 24.0 Å². The number of hydrogen-bond acceptors (Lipinski definition) is 3. The van der Waals surface area contributed by atoms with Crippen LogP contribution in [0.15, 0.2) is 30.3 Å². The fourth-order valence-corrected chi connectivity index (χ4v) is 3.05. The molecule has 0 radical (unpaired) electrons. The van der Waals surface area contributed by atoms with Crippen LogP contribution < -0.4 is 5.32 Å². The van der Waals surface area contributed by atoms with Gasteiger partial charge in [-0.2, -0.15) is 0 Å². The van der Waals surface area contributed by atoms with Gasteiger partial charge in [-0.3, -0.25) is 4.79 Å². The standard InChI is InChI=1S/C14H18N2OS2/c17-13(15-10-12-6-2-1-3-7-12)11-19-14(18)16-8-4-5-9-16/h1-3,6-7H,4-5,8-11H2,(H,15,17). The third kappa shape index (κ3) is 4.84. The van der Waals surface area contributed by atoms with Gasteiger partial charge in [-0.05, 0) is 18.4 Å². The molecule has 1 saturated heterocycles. The van der Waals surface area contributed by atoms with Crippen molar-refractivity contribution in [2.24, 2.45) is 0 Å². The molecule has 1 aromatic carbocycles. The molecule has 1 aliphatic rings. The molecule has 19 heavy (non-hydrogen) atoms. The lowest BCUT2D eigenvalue weighted by Gasteiger charge is -2.17. The summed E-state index contributed by atoms with van der Waals surface area (Å²) >= 11 is 6.78. The fraction of sp³-hybridized carbons (Fsp3) is 0.429. The van der Waals surface area contributed by atoms with Crippen LogP contribution in [0.1, 0.15) is 18.4 Å². The molecule has 102 valence electrons. The number of carbonyl (C=O) groups is 1. The van der Waals surface area contributed by atoms with Gasteiger partial charge in [0.2, 0.25) is 5.91 Å². The molecule has 0 saturated carbocycles. The van der Waals surface area contributed by atoms with E-state index in [2.05, 4.69) is 10.2 Å². The largest absolute Gasteiger partial charge is 0.358 e. The first-order valence-corrected chi connectivity index (χ1v) is 7.87. The number of carbonyl (C=O) groups excluding carboxylic acids is 1. The van der Waals surface area contributed by atoms with E-state index >= 15 is 0 Å². The number of thiocarbonyl (C=S) groups is 1. The van der Waals surface area contributed by atoms with Crippen LogP contribution in [0.25, 0.3) is 0 Å². The lowest BCUT2D eigenvalue weighted by atomic mass is 10.2. The molecule has 1 amide bonds. The summed E-state index contributed by atoms with van der Waals surface area (Å²) in [4.78, 5) is 13.9. The van der Waals surface area contributed by atoms with Gasteiger partial charge in [0.25, 0.3) is 0 Å².